The van der Waals surface area contributed by atoms with Gasteiger partial charge in [-0.25, -0.2) is 0 Å². The van der Waals surface area contributed by atoms with E-state index in [-0.39, 0.29) is 17.2 Å². The highest BCUT2D eigenvalue weighted by Gasteiger charge is 2.37. The number of benzene rings is 1. The standard InChI is InChI=1S/C18H23NO4S/c1-5-12(4)19-17(20)16(24-18(19)21)10-13-8-9-14(22-6-2)11-15(13)23-7-3/h8-12H,5-7H2,1-4H3. The zero-order valence-corrected chi connectivity index (χ0v) is 15.3. The highest BCUT2D eigenvalue weighted by atomic mass is 32.2. The van der Waals surface area contributed by atoms with Gasteiger partial charge in [-0.05, 0) is 57.2 Å². The molecule has 5 nitrogen and oxygen atoms in total. The van der Waals surface area contributed by atoms with Gasteiger partial charge in [-0.2, -0.15) is 0 Å². The lowest BCUT2D eigenvalue weighted by Crippen LogP contribution is -2.36. The summed E-state index contributed by atoms with van der Waals surface area (Å²) in [4.78, 5) is 26.4. The summed E-state index contributed by atoms with van der Waals surface area (Å²) in [6.45, 7) is 8.72. The zero-order valence-electron chi connectivity index (χ0n) is 14.5. The van der Waals surface area contributed by atoms with Crippen LogP contribution in [0, 0.1) is 0 Å². The number of rotatable bonds is 7. The topological polar surface area (TPSA) is 55.8 Å². The molecule has 0 aliphatic carbocycles. The number of ether oxygens (including phenoxy) is 2. The van der Waals surface area contributed by atoms with Crippen LogP contribution in [-0.4, -0.2) is 35.3 Å². The van der Waals surface area contributed by atoms with Crippen molar-refractivity contribution in [3.63, 3.8) is 0 Å². The molecule has 0 saturated carbocycles. The Kier molecular flexibility index (Phi) is 6.31. The molecule has 0 N–H and O–H groups in total. The molecule has 130 valence electrons. The molecule has 6 heteroatoms. The summed E-state index contributed by atoms with van der Waals surface area (Å²) in [5.74, 6) is 1.11. The molecule has 0 aromatic heterocycles. The Hall–Kier alpha value is -1.95. The Balaban J connectivity index is 2.33. The average molecular weight is 349 g/mol. The maximum absolute atomic E-state index is 12.5. The molecule has 1 atom stereocenters. The smallest absolute Gasteiger partial charge is 0.293 e. The van der Waals surface area contributed by atoms with E-state index in [0.717, 1.165) is 23.7 Å². The first-order valence-corrected chi connectivity index (χ1v) is 9.00. The van der Waals surface area contributed by atoms with Crippen LogP contribution in [0.3, 0.4) is 0 Å². The fraction of sp³-hybridized carbons (Fsp3) is 0.444. The number of nitrogens with zero attached hydrogens (tertiary/aromatic N) is 1. The SMILES string of the molecule is CCOc1ccc(C=C2SC(=O)N(C(C)CC)C2=O)c(OCC)c1. The third-order valence-electron chi connectivity index (χ3n) is 3.74. The van der Waals surface area contributed by atoms with Crippen molar-refractivity contribution >= 4 is 29.0 Å². The minimum Gasteiger partial charge on any atom is -0.494 e. The predicted octanol–water partition coefficient (Wildman–Crippen LogP) is 4.32. The van der Waals surface area contributed by atoms with Crippen molar-refractivity contribution in [1.82, 2.24) is 4.90 Å². The lowest BCUT2D eigenvalue weighted by Gasteiger charge is -2.19. The summed E-state index contributed by atoms with van der Waals surface area (Å²) >= 11 is 0.973. The predicted molar refractivity (Wildman–Crippen MR) is 96.3 cm³/mol. The van der Waals surface area contributed by atoms with Gasteiger partial charge in [0.1, 0.15) is 11.5 Å². The van der Waals surface area contributed by atoms with Crippen molar-refractivity contribution in [2.45, 2.75) is 40.2 Å². The molecule has 2 amide bonds. The largest absolute Gasteiger partial charge is 0.494 e. The molecule has 24 heavy (non-hydrogen) atoms. The molecule has 0 radical (unpaired) electrons. The summed E-state index contributed by atoms with van der Waals surface area (Å²) in [5, 5.41) is -0.218. The first-order chi connectivity index (χ1) is 11.5. The van der Waals surface area contributed by atoms with E-state index < -0.39 is 0 Å². The highest BCUT2D eigenvalue weighted by Crippen LogP contribution is 2.36. The third kappa shape index (κ3) is 3.93. The van der Waals surface area contributed by atoms with Gasteiger partial charge in [0.2, 0.25) is 0 Å². The zero-order chi connectivity index (χ0) is 17.7. The van der Waals surface area contributed by atoms with Crippen LogP contribution in [0.4, 0.5) is 4.79 Å². The van der Waals surface area contributed by atoms with Crippen LogP contribution < -0.4 is 9.47 Å². The Morgan fingerprint density at radius 2 is 1.88 bits per heavy atom. The first-order valence-electron chi connectivity index (χ1n) is 8.18. The van der Waals surface area contributed by atoms with E-state index >= 15 is 0 Å². The maximum Gasteiger partial charge on any atom is 0.293 e. The minimum atomic E-state index is -0.240. The Labute approximate surface area is 147 Å². The molecule has 1 aliphatic rings. The van der Waals surface area contributed by atoms with Crippen LogP contribution in [0.5, 0.6) is 11.5 Å². The van der Waals surface area contributed by atoms with Crippen molar-refractivity contribution < 1.29 is 19.1 Å². The summed E-state index contributed by atoms with van der Waals surface area (Å²) < 4.78 is 11.1. The van der Waals surface area contributed by atoms with E-state index in [1.54, 1.807) is 12.1 Å². The van der Waals surface area contributed by atoms with Gasteiger partial charge in [0.05, 0.1) is 18.1 Å². The number of hydrogen-bond acceptors (Lipinski definition) is 5. The quantitative estimate of drug-likeness (QED) is 0.686. The molecule has 1 heterocycles. The third-order valence-corrected chi connectivity index (χ3v) is 4.62. The molecule has 1 saturated heterocycles. The first kappa shape index (κ1) is 18.4. The minimum absolute atomic E-state index is 0.102. The van der Waals surface area contributed by atoms with Crippen molar-refractivity contribution in [3.05, 3.63) is 28.7 Å². The van der Waals surface area contributed by atoms with Crippen LogP contribution in [-0.2, 0) is 4.79 Å². The van der Waals surface area contributed by atoms with Gasteiger partial charge in [0.25, 0.3) is 11.1 Å². The van der Waals surface area contributed by atoms with Crippen molar-refractivity contribution in [2.24, 2.45) is 0 Å². The number of imide groups is 1. The second kappa shape index (κ2) is 8.24. The molecule has 1 aromatic rings. The maximum atomic E-state index is 12.5. The molecule has 0 spiro atoms. The van der Waals surface area contributed by atoms with Crippen LogP contribution in [0.2, 0.25) is 0 Å². The lowest BCUT2D eigenvalue weighted by molar-refractivity contribution is -0.124. The van der Waals surface area contributed by atoms with E-state index in [9.17, 15) is 9.59 Å². The fourth-order valence-electron chi connectivity index (χ4n) is 2.35. The van der Waals surface area contributed by atoms with Gasteiger partial charge in [-0.15, -0.1) is 0 Å². The van der Waals surface area contributed by atoms with Crippen molar-refractivity contribution in [2.75, 3.05) is 13.2 Å². The molecular formula is C18H23NO4S. The van der Waals surface area contributed by atoms with E-state index in [4.69, 9.17) is 9.47 Å². The van der Waals surface area contributed by atoms with Gasteiger partial charge in [0.15, 0.2) is 0 Å². The van der Waals surface area contributed by atoms with Gasteiger partial charge in [-0.3, -0.25) is 14.5 Å². The second-order valence-corrected chi connectivity index (χ2v) is 6.37. The molecule has 1 aromatic carbocycles. The normalized spacial score (nSPS) is 17.5. The van der Waals surface area contributed by atoms with Crippen LogP contribution in [0.1, 0.15) is 39.7 Å². The molecule has 2 rings (SSSR count). The van der Waals surface area contributed by atoms with Gasteiger partial charge in [-0.1, -0.05) is 6.92 Å². The van der Waals surface area contributed by atoms with E-state index in [2.05, 4.69) is 0 Å². The van der Waals surface area contributed by atoms with Crippen molar-refractivity contribution in [1.29, 1.82) is 0 Å². The second-order valence-electron chi connectivity index (χ2n) is 5.37. The fourth-order valence-corrected chi connectivity index (χ4v) is 3.28. The molecular weight excluding hydrogens is 326 g/mol. The highest BCUT2D eigenvalue weighted by molar-refractivity contribution is 8.18. The summed E-state index contributed by atoms with van der Waals surface area (Å²) in [7, 11) is 0. The Morgan fingerprint density at radius 3 is 2.50 bits per heavy atom. The van der Waals surface area contributed by atoms with E-state index in [0.29, 0.717) is 29.6 Å². The van der Waals surface area contributed by atoms with Crippen molar-refractivity contribution in [3.8, 4) is 11.5 Å². The van der Waals surface area contributed by atoms with E-state index in [1.807, 2.05) is 39.8 Å². The molecule has 1 unspecified atom stereocenters. The monoisotopic (exact) mass is 349 g/mol. The Bertz CT molecular complexity index is 656. The average Bonchev–Trinajstić information content (AvgIpc) is 2.83. The Morgan fingerprint density at radius 1 is 1.17 bits per heavy atom. The summed E-state index contributed by atoms with van der Waals surface area (Å²) in [6, 6.07) is 5.37. The van der Waals surface area contributed by atoms with Gasteiger partial charge < -0.3 is 9.47 Å². The number of thioether (sulfide) groups is 1. The number of carbonyl (C=O) groups excluding carboxylic acids is 2. The van der Waals surface area contributed by atoms with Crippen LogP contribution in [0.25, 0.3) is 6.08 Å². The summed E-state index contributed by atoms with van der Waals surface area (Å²) in [5.41, 5.74) is 0.759. The number of amides is 2. The van der Waals surface area contributed by atoms with Gasteiger partial charge in [0, 0.05) is 17.7 Å². The van der Waals surface area contributed by atoms with E-state index in [1.165, 1.54) is 4.90 Å². The number of carbonyl (C=O) groups is 2. The molecule has 1 aliphatic heterocycles. The molecule has 0 bridgehead atoms. The summed E-state index contributed by atoms with van der Waals surface area (Å²) in [6.07, 6.45) is 2.45. The van der Waals surface area contributed by atoms with Gasteiger partial charge >= 0.3 is 0 Å². The van der Waals surface area contributed by atoms with Crippen LogP contribution in [0.15, 0.2) is 23.1 Å². The lowest BCUT2D eigenvalue weighted by atomic mass is 10.1. The molecule has 1 fully saturated rings. The number of hydrogen-bond donors (Lipinski definition) is 0. The van der Waals surface area contributed by atoms with Crippen LogP contribution >= 0.6 is 11.8 Å².